The van der Waals surface area contributed by atoms with Crippen LogP contribution in [-0.2, 0) is 17.7 Å². The van der Waals surface area contributed by atoms with Crippen LogP contribution in [0.4, 0.5) is 4.79 Å². The molecule has 1 fully saturated rings. The number of nitrogens with one attached hydrogen (secondary N) is 1. The Balaban J connectivity index is 1.72. The molecule has 3 heterocycles. The number of ether oxygens (including phenoxy) is 1. The molecule has 0 bridgehead atoms. The molecule has 0 radical (unpaired) electrons. The lowest BCUT2D eigenvalue weighted by atomic mass is 9.97. The third-order valence-corrected chi connectivity index (χ3v) is 5.14. The van der Waals surface area contributed by atoms with Gasteiger partial charge in [-0.1, -0.05) is 0 Å². The second-order valence-electron chi connectivity index (χ2n) is 8.34. The summed E-state index contributed by atoms with van der Waals surface area (Å²) in [6, 6.07) is 0.0745. The highest BCUT2D eigenvalue weighted by molar-refractivity contribution is 5.94. The van der Waals surface area contributed by atoms with Gasteiger partial charge < -0.3 is 19.6 Å². The average molecular weight is 378 g/mol. The molecule has 2 amide bonds. The molecule has 2 N–H and O–H groups in total. The largest absolute Gasteiger partial charge is 0.444 e. The molecular weight excluding hydrogens is 348 g/mol. The van der Waals surface area contributed by atoms with Crippen molar-refractivity contribution < 1.29 is 19.4 Å². The third kappa shape index (κ3) is 4.43. The lowest BCUT2D eigenvalue weighted by Crippen LogP contribution is -2.45. The van der Waals surface area contributed by atoms with E-state index in [-0.39, 0.29) is 24.6 Å². The molecule has 0 saturated carbocycles. The summed E-state index contributed by atoms with van der Waals surface area (Å²) in [5, 5.41) is 16.5. The highest BCUT2D eigenvalue weighted by Gasteiger charge is 2.34. The summed E-state index contributed by atoms with van der Waals surface area (Å²) >= 11 is 0. The second kappa shape index (κ2) is 7.88. The number of rotatable bonds is 3. The van der Waals surface area contributed by atoms with E-state index in [2.05, 4.69) is 10.2 Å². The number of carbonyl (C=O) groups excluding carboxylic acids is 2. The highest BCUT2D eigenvalue weighted by Crippen LogP contribution is 2.26. The number of carbonyl (C=O) groups is 2. The van der Waals surface area contributed by atoms with E-state index in [4.69, 9.17) is 4.74 Å². The average Bonchev–Trinajstić information content (AvgIpc) is 3.03. The quantitative estimate of drug-likeness (QED) is 0.839. The van der Waals surface area contributed by atoms with Gasteiger partial charge >= 0.3 is 6.09 Å². The summed E-state index contributed by atoms with van der Waals surface area (Å²) < 4.78 is 5.44. The first-order chi connectivity index (χ1) is 12.8. The number of hydrogen-bond donors (Lipinski definition) is 2. The predicted molar refractivity (Wildman–Crippen MR) is 99.3 cm³/mol. The number of aliphatic hydroxyl groups is 1. The van der Waals surface area contributed by atoms with E-state index >= 15 is 0 Å². The molecule has 0 spiro atoms. The number of aromatic nitrogens is 2. The van der Waals surface area contributed by atoms with Crippen LogP contribution in [-0.4, -0.2) is 68.4 Å². The summed E-state index contributed by atoms with van der Waals surface area (Å²) in [5.41, 5.74) is 1.61. The molecule has 1 atom stereocenters. The smallest absolute Gasteiger partial charge is 0.410 e. The molecule has 2 aliphatic heterocycles. The number of fused-ring (bicyclic) bond motifs is 1. The van der Waals surface area contributed by atoms with E-state index in [1.54, 1.807) is 4.90 Å². The lowest BCUT2D eigenvalue weighted by Gasteiger charge is -2.35. The molecular formula is C19H30N4O4. The summed E-state index contributed by atoms with van der Waals surface area (Å²) in [4.78, 5) is 28.9. The first-order valence-corrected chi connectivity index (χ1v) is 9.76. The number of H-pyrrole nitrogens is 1. The molecule has 150 valence electrons. The zero-order chi connectivity index (χ0) is 19.6. The van der Waals surface area contributed by atoms with Gasteiger partial charge in [-0.2, -0.15) is 5.10 Å². The maximum absolute atomic E-state index is 13.1. The number of aromatic amines is 1. The van der Waals surface area contributed by atoms with Gasteiger partial charge in [0, 0.05) is 31.3 Å². The van der Waals surface area contributed by atoms with Gasteiger partial charge in [-0.15, -0.1) is 0 Å². The van der Waals surface area contributed by atoms with Gasteiger partial charge in [0.05, 0.1) is 12.2 Å². The molecule has 3 rings (SSSR count). The number of nitrogens with zero attached hydrogens (tertiary/aromatic N) is 3. The number of piperidine rings is 1. The minimum absolute atomic E-state index is 0.0728. The molecule has 0 aliphatic carbocycles. The van der Waals surface area contributed by atoms with Gasteiger partial charge in [0.15, 0.2) is 5.69 Å². The Labute approximate surface area is 159 Å². The lowest BCUT2D eigenvalue weighted by molar-refractivity contribution is 0.0221. The maximum atomic E-state index is 13.1. The van der Waals surface area contributed by atoms with Crippen molar-refractivity contribution in [3.05, 3.63) is 17.0 Å². The predicted octanol–water partition coefficient (Wildman–Crippen LogP) is 2.08. The normalized spacial score (nSPS) is 20.4. The minimum atomic E-state index is -0.539. The molecule has 1 saturated heterocycles. The summed E-state index contributed by atoms with van der Waals surface area (Å²) in [6.45, 7) is 7.18. The van der Waals surface area contributed by atoms with Crippen molar-refractivity contribution in [3.63, 3.8) is 0 Å². The Hall–Kier alpha value is -2.09. The van der Waals surface area contributed by atoms with E-state index in [1.807, 2.05) is 25.7 Å². The van der Waals surface area contributed by atoms with E-state index in [9.17, 15) is 14.7 Å². The standard InChI is InChI=1S/C19H30N4O4/c1-19(2,3)27-18(26)22-10-7-14-15(12-22)20-21-16(14)17(25)23-9-5-4-6-13(23)8-11-24/h13,24H,4-12H2,1-3H3,(H,20,21). The molecule has 1 aromatic rings. The summed E-state index contributed by atoms with van der Waals surface area (Å²) in [7, 11) is 0. The van der Waals surface area contributed by atoms with Crippen LogP contribution in [0, 0.1) is 0 Å². The van der Waals surface area contributed by atoms with Crippen LogP contribution in [0.25, 0.3) is 0 Å². The van der Waals surface area contributed by atoms with Crippen molar-refractivity contribution in [1.82, 2.24) is 20.0 Å². The zero-order valence-electron chi connectivity index (χ0n) is 16.5. The van der Waals surface area contributed by atoms with Crippen LogP contribution in [0.1, 0.15) is 68.2 Å². The fraction of sp³-hybridized carbons (Fsp3) is 0.737. The first-order valence-electron chi connectivity index (χ1n) is 9.76. The Morgan fingerprint density at radius 3 is 2.78 bits per heavy atom. The monoisotopic (exact) mass is 378 g/mol. The number of amides is 2. The van der Waals surface area contributed by atoms with Crippen molar-refractivity contribution in [2.45, 2.75) is 71.1 Å². The van der Waals surface area contributed by atoms with E-state index in [0.717, 1.165) is 30.5 Å². The Morgan fingerprint density at radius 2 is 2.07 bits per heavy atom. The second-order valence-corrected chi connectivity index (χ2v) is 8.34. The number of likely N-dealkylation sites (tertiary alicyclic amines) is 1. The molecule has 8 nitrogen and oxygen atoms in total. The Kier molecular flexibility index (Phi) is 5.74. The summed E-state index contributed by atoms with van der Waals surface area (Å²) in [5.74, 6) is -0.0728. The third-order valence-electron chi connectivity index (χ3n) is 5.14. The van der Waals surface area contributed by atoms with Crippen molar-refractivity contribution in [1.29, 1.82) is 0 Å². The highest BCUT2D eigenvalue weighted by atomic mass is 16.6. The molecule has 0 aromatic carbocycles. The Morgan fingerprint density at radius 1 is 1.30 bits per heavy atom. The maximum Gasteiger partial charge on any atom is 0.410 e. The van der Waals surface area contributed by atoms with Crippen LogP contribution in [0.3, 0.4) is 0 Å². The topological polar surface area (TPSA) is 98.8 Å². The van der Waals surface area contributed by atoms with Gasteiger partial charge in [-0.05, 0) is 52.9 Å². The van der Waals surface area contributed by atoms with Crippen LogP contribution in [0.5, 0.6) is 0 Å². The van der Waals surface area contributed by atoms with Gasteiger partial charge in [-0.3, -0.25) is 9.89 Å². The van der Waals surface area contributed by atoms with E-state index in [1.165, 1.54) is 0 Å². The van der Waals surface area contributed by atoms with Crippen molar-refractivity contribution in [2.75, 3.05) is 19.7 Å². The fourth-order valence-corrected chi connectivity index (χ4v) is 3.83. The van der Waals surface area contributed by atoms with Crippen molar-refractivity contribution >= 4 is 12.0 Å². The van der Waals surface area contributed by atoms with Crippen molar-refractivity contribution in [3.8, 4) is 0 Å². The van der Waals surface area contributed by atoms with Gasteiger partial charge in [0.1, 0.15) is 5.60 Å². The fourth-order valence-electron chi connectivity index (χ4n) is 3.83. The Bertz CT molecular complexity index is 692. The van der Waals surface area contributed by atoms with Crippen LogP contribution in [0.2, 0.25) is 0 Å². The van der Waals surface area contributed by atoms with Crippen LogP contribution in [0.15, 0.2) is 0 Å². The molecule has 8 heteroatoms. The van der Waals surface area contributed by atoms with Crippen LogP contribution >= 0.6 is 0 Å². The van der Waals surface area contributed by atoms with Gasteiger partial charge in [-0.25, -0.2) is 4.79 Å². The van der Waals surface area contributed by atoms with Crippen LogP contribution < -0.4 is 0 Å². The zero-order valence-corrected chi connectivity index (χ0v) is 16.5. The van der Waals surface area contributed by atoms with E-state index < -0.39 is 5.60 Å². The SMILES string of the molecule is CC(C)(C)OC(=O)N1CCc2c(C(=O)N3CCCCC3CCO)n[nH]c2C1. The molecule has 2 aliphatic rings. The molecule has 1 aromatic heterocycles. The number of aliphatic hydroxyl groups excluding tert-OH is 1. The molecule has 1 unspecified atom stereocenters. The first kappa shape index (κ1) is 19.7. The van der Waals surface area contributed by atoms with E-state index in [0.29, 0.717) is 38.2 Å². The minimum Gasteiger partial charge on any atom is -0.444 e. The number of hydrogen-bond acceptors (Lipinski definition) is 5. The summed E-state index contributed by atoms with van der Waals surface area (Å²) in [6.07, 6.45) is 3.81. The van der Waals surface area contributed by atoms with Gasteiger partial charge in [0.25, 0.3) is 5.91 Å². The van der Waals surface area contributed by atoms with Gasteiger partial charge in [0.2, 0.25) is 0 Å². The van der Waals surface area contributed by atoms with Crippen molar-refractivity contribution in [2.24, 2.45) is 0 Å². The molecule has 27 heavy (non-hydrogen) atoms.